The second-order valence-corrected chi connectivity index (χ2v) is 5.10. The molecule has 1 aromatic heterocycles. The minimum Gasteiger partial charge on any atom is -0.306 e. The fourth-order valence-electron chi connectivity index (χ4n) is 2.25. The molecule has 0 spiro atoms. The van der Waals surface area contributed by atoms with E-state index in [0.717, 1.165) is 11.1 Å². The number of nitrogens with one attached hydrogen (secondary N) is 1. The highest BCUT2D eigenvalue weighted by atomic mass is 16.1. The van der Waals surface area contributed by atoms with Gasteiger partial charge in [0.2, 0.25) is 0 Å². The SMILES string of the molecule is CC(C=Cc1nc2ccccc2c(=O)[nH]1)=Cc1ccccc1. The normalized spacial score (nSPS) is 12.1. The van der Waals surface area contributed by atoms with E-state index in [1.165, 1.54) is 0 Å². The van der Waals surface area contributed by atoms with Gasteiger partial charge in [-0.3, -0.25) is 4.79 Å². The molecule has 3 nitrogen and oxygen atoms in total. The minimum atomic E-state index is -0.116. The van der Waals surface area contributed by atoms with E-state index in [4.69, 9.17) is 0 Å². The largest absolute Gasteiger partial charge is 0.306 e. The lowest BCUT2D eigenvalue weighted by Crippen LogP contribution is -2.09. The molecule has 0 unspecified atom stereocenters. The number of rotatable bonds is 3. The Morgan fingerprint density at radius 1 is 1.05 bits per heavy atom. The van der Waals surface area contributed by atoms with Gasteiger partial charge in [0.1, 0.15) is 5.82 Å². The number of aromatic nitrogens is 2. The fourth-order valence-corrected chi connectivity index (χ4v) is 2.25. The maximum Gasteiger partial charge on any atom is 0.259 e. The highest BCUT2D eigenvalue weighted by Crippen LogP contribution is 2.10. The first-order valence-corrected chi connectivity index (χ1v) is 7.13. The molecule has 0 saturated carbocycles. The van der Waals surface area contributed by atoms with Crippen molar-refractivity contribution >= 4 is 23.1 Å². The van der Waals surface area contributed by atoms with Crippen molar-refractivity contribution < 1.29 is 0 Å². The van der Waals surface area contributed by atoms with Crippen LogP contribution in [0.3, 0.4) is 0 Å². The van der Waals surface area contributed by atoms with Gasteiger partial charge in [0.05, 0.1) is 10.9 Å². The molecule has 22 heavy (non-hydrogen) atoms. The summed E-state index contributed by atoms with van der Waals surface area (Å²) in [6, 6.07) is 17.4. The lowest BCUT2D eigenvalue weighted by Gasteiger charge is -1.99. The van der Waals surface area contributed by atoms with Gasteiger partial charge >= 0.3 is 0 Å². The second-order valence-electron chi connectivity index (χ2n) is 5.10. The Kier molecular flexibility index (Phi) is 3.97. The highest BCUT2D eigenvalue weighted by molar-refractivity contribution is 5.78. The maximum atomic E-state index is 12.0. The molecule has 0 aliphatic rings. The number of allylic oxidation sites excluding steroid dienone is 2. The molecule has 0 aliphatic carbocycles. The van der Waals surface area contributed by atoms with Crippen LogP contribution in [0.25, 0.3) is 23.1 Å². The van der Waals surface area contributed by atoms with Gasteiger partial charge in [-0.05, 0) is 30.7 Å². The van der Waals surface area contributed by atoms with Crippen molar-refractivity contribution in [1.82, 2.24) is 9.97 Å². The fraction of sp³-hybridized carbons (Fsp3) is 0.0526. The van der Waals surface area contributed by atoms with Crippen molar-refractivity contribution in [3.05, 3.63) is 88.0 Å². The van der Waals surface area contributed by atoms with E-state index >= 15 is 0 Å². The number of H-pyrrole nitrogens is 1. The zero-order chi connectivity index (χ0) is 15.4. The first-order chi connectivity index (χ1) is 10.7. The number of hydrogen-bond donors (Lipinski definition) is 1. The third-order valence-corrected chi connectivity index (χ3v) is 3.33. The van der Waals surface area contributed by atoms with E-state index < -0.39 is 0 Å². The number of aromatic amines is 1. The molecule has 1 heterocycles. The lowest BCUT2D eigenvalue weighted by molar-refractivity contribution is 1.14. The van der Waals surface area contributed by atoms with Gasteiger partial charge in [-0.2, -0.15) is 0 Å². The average Bonchev–Trinajstić information content (AvgIpc) is 2.54. The van der Waals surface area contributed by atoms with Crippen LogP contribution in [0.2, 0.25) is 0 Å². The molecule has 3 rings (SSSR count). The predicted molar refractivity (Wildman–Crippen MR) is 91.5 cm³/mol. The van der Waals surface area contributed by atoms with Crippen LogP contribution in [0.5, 0.6) is 0 Å². The molecule has 3 aromatic rings. The lowest BCUT2D eigenvalue weighted by atomic mass is 10.1. The molecule has 2 aromatic carbocycles. The summed E-state index contributed by atoms with van der Waals surface area (Å²) >= 11 is 0. The van der Waals surface area contributed by atoms with Crippen LogP contribution in [0, 0.1) is 0 Å². The number of benzene rings is 2. The summed E-state index contributed by atoms with van der Waals surface area (Å²) in [6.07, 6.45) is 5.85. The number of hydrogen-bond acceptors (Lipinski definition) is 2. The third-order valence-electron chi connectivity index (χ3n) is 3.33. The zero-order valence-electron chi connectivity index (χ0n) is 12.3. The van der Waals surface area contributed by atoms with E-state index in [2.05, 4.69) is 16.0 Å². The van der Waals surface area contributed by atoms with Crippen molar-refractivity contribution in [2.24, 2.45) is 0 Å². The van der Waals surface area contributed by atoms with Gasteiger partial charge in [0.25, 0.3) is 5.56 Å². The molecule has 0 fully saturated rings. The quantitative estimate of drug-likeness (QED) is 0.739. The summed E-state index contributed by atoms with van der Waals surface area (Å²) in [5.41, 5.74) is 2.82. The van der Waals surface area contributed by atoms with Gasteiger partial charge in [0.15, 0.2) is 0 Å². The second kappa shape index (κ2) is 6.22. The molecule has 0 amide bonds. The molecule has 1 N–H and O–H groups in total. The number of fused-ring (bicyclic) bond motifs is 1. The Labute approximate surface area is 128 Å². The Morgan fingerprint density at radius 3 is 2.59 bits per heavy atom. The number of nitrogens with zero attached hydrogens (tertiary/aromatic N) is 1. The molecule has 108 valence electrons. The Balaban J connectivity index is 1.89. The first kappa shape index (κ1) is 14.0. The van der Waals surface area contributed by atoms with Crippen molar-refractivity contribution in [2.75, 3.05) is 0 Å². The van der Waals surface area contributed by atoms with Gasteiger partial charge in [0, 0.05) is 0 Å². The molecule has 0 radical (unpaired) electrons. The topological polar surface area (TPSA) is 45.8 Å². The van der Waals surface area contributed by atoms with Gasteiger partial charge in [-0.25, -0.2) is 4.98 Å². The Hall–Kier alpha value is -2.94. The van der Waals surface area contributed by atoms with Crippen LogP contribution in [-0.2, 0) is 0 Å². The highest BCUT2D eigenvalue weighted by Gasteiger charge is 2.00. The van der Waals surface area contributed by atoms with Crippen molar-refractivity contribution in [3.8, 4) is 0 Å². The van der Waals surface area contributed by atoms with Crippen LogP contribution in [0.4, 0.5) is 0 Å². The summed E-state index contributed by atoms with van der Waals surface area (Å²) in [7, 11) is 0. The monoisotopic (exact) mass is 288 g/mol. The Bertz CT molecular complexity index is 905. The smallest absolute Gasteiger partial charge is 0.259 e. The molecular formula is C19H16N2O. The summed E-state index contributed by atoms with van der Waals surface area (Å²) in [4.78, 5) is 19.2. The van der Waals surface area contributed by atoms with Crippen LogP contribution in [-0.4, -0.2) is 9.97 Å². The van der Waals surface area contributed by atoms with Crippen molar-refractivity contribution in [2.45, 2.75) is 6.92 Å². The molecule has 0 aliphatic heterocycles. The van der Waals surface area contributed by atoms with Crippen LogP contribution < -0.4 is 5.56 Å². The standard InChI is InChI=1S/C19H16N2O/c1-14(13-15-7-3-2-4-8-15)11-12-18-20-17-10-6-5-9-16(17)19(22)21-18/h2-13H,1H3,(H,20,21,22). The summed E-state index contributed by atoms with van der Waals surface area (Å²) in [5, 5.41) is 0.608. The molecular weight excluding hydrogens is 272 g/mol. The zero-order valence-corrected chi connectivity index (χ0v) is 12.3. The summed E-state index contributed by atoms with van der Waals surface area (Å²) < 4.78 is 0. The summed E-state index contributed by atoms with van der Waals surface area (Å²) in [5.74, 6) is 0.560. The Morgan fingerprint density at radius 2 is 1.77 bits per heavy atom. The van der Waals surface area contributed by atoms with Gasteiger partial charge in [-0.1, -0.05) is 60.2 Å². The van der Waals surface area contributed by atoms with Crippen LogP contribution in [0.15, 0.2) is 71.0 Å². The minimum absolute atomic E-state index is 0.116. The van der Waals surface area contributed by atoms with E-state index in [1.54, 1.807) is 6.07 Å². The number of para-hydroxylation sites is 1. The van der Waals surface area contributed by atoms with Crippen LogP contribution >= 0.6 is 0 Å². The van der Waals surface area contributed by atoms with Crippen molar-refractivity contribution in [1.29, 1.82) is 0 Å². The van der Waals surface area contributed by atoms with Gasteiger partial charge < -0.3 is 4.98 Å². The molecule has 0 bridgehead atoms. The molecule has 0 saturated heterocycles. The molecule has 3 heteroatoms. The van der Waals surface area contributed by atoms with Gasteiger partial charge in [-0.15, -0.1) is 0 Å². The van der Waals surface area contributed by atoms with E-state index in [0.29, 0.717) is 16.7 Å². The average molecular weight is 288 g/mol. The molecule has 0 atom stereocenters. The maximum absolute atomic E-state index is 12.0. The van der Waals surface area contributed by atoms with Crippen molar-refractivity contribution in [3.63, 3.8) is 0 Å². The van der Waals surface area contributed by atoms with E-state index in [-0.39, 0.29) is 5.56 Å². The summed E-state index contributed by atoms with van der Waals surface area (Å²) in [6.45, 7) is 2.02. The van der Waals surface area contributed by atoms with E-state index in [1.807, 2.05) is 67.6 Å². The third kappa shape index (κ3) is 3.20. The first-order valence-electron chi connectivity index (χ1n) is 7.13. The van der Waals surface area contributed by atoms with Crippen LogP contribution in [0.1, 0.15) is 18.3 Å². The predicted octanol–water partition coefficient (Wildman–Crippen LogP) is 4.04. The van der Waals surface area contributed by atoms with E-state index in [9.17, 15) is 4.79 Å².